The number of halogens is 1. The maximum absolute atomic E-state index is 13.5. The molecule has 0 spiro atoms. The molecule has 2 aromatic rings. The molecule has 0 aliphatic rings. The molecule has 0 aliphatic heterocycles. The van der Waals surface area contributed by atoms with Crippen LogP contribution in [0.5, 0.6) is 11.6 Å². The Hall–Kier alpha value is -3.32. The van der Waals surface area contributed by atoms with E-state index in [-0.39, 0.29) is 11.7 Å². The number of hydrogen-bond donors (Lipinski definition) is 2. The first-order valence-corrected chi connectivity index (χ1v) is 5.41. The van der Waals surface area contributed by atoms with Crippen molar-refractivity contribution in [2.75, 3.05) is 5.43 Å². The molecule has 1 aromatic carbocycles. The van der Waals surface area contributed by atoms with Gasteiger partial charge in [0.1, 0.15) is 23.6 Å². The van der Waals surface area contributed by atoms with Crippen LogP contribution in [-0.2, 0) is 0 Å². The molecule has 0 aliphatic carbocycles. The Morgan fingerprint density at radius 3 is 2.90 bits per heavy atom. The van der Waals surface area contributed by atoms with Gasteiger partial charge in [0.15, 0.2) is 5.75 Å². The summed E-state index contributed by atoms with van der Waals surface area (Å²) in [6.45, 7) is 0. The fourth-order valence-corrected chi connectivity index (χ4v) is 1.43. The molecular formula is C11H7FN6O3. The number of nitrogens with two attached hydrogens (primary N) is 1. The van der Waals surface area contributed by atoms with Crippen LogP contribution in [0.15, 0.2) is 24.4 Å². The van der Waals surface area contributed by atoms with Gasteiger partial charge in [-0.05, 0) is 12.1 Å². The second kappa shape index (κ2) is 5.76. The zero-order valence-corrected chi connectivity index (χ0v) is 10.3. The molecule has 0 unspecified atom stereocenters. The molecule has 3 N–H and O–H groups in total. The average Bonchev–Trinajstić information content (AvgIpc) is 2.47. The Labute approximate surface area is 116 Å². The van der Waals surface area contributed by atoms with Crippen molar-refractivity contribution in [3.63, 3.8) is 0 Å². The fraction of sp³-hybridized carbons (Fsp3) is 0. The van der Waals surface area contributed by atoms with E-state index >= 15 is 0 Å². The van der Waals surface area contributed by atoms with Crippen molar-refractivity contribution in [3.05, 3.63) is 45.9 Å². The normalized spacial score (nSPS) is 9.76. The smallest absolute Gasteiger partial charge is 0.349 e. The van der Waals surface area contributed by atoms with Crippen LogP contribution in [0.3, 0.4) is 0 Å². The number of rotatable bonds is 4. The van der Waals surface area contributed by atoms with Gasteiger partial charge in [0.25, 0.3) is 0 Å². The minimum absolute atomic E-state index is 0.134. The van der Waals surface area contributed by atoms with Crippen LogP contribution in [-0.4, -0.2) is 14.9 Å². The van der Waals surface area contributed by atoms with Gasteiger partial charge in [0, 0.05) is 0 Å². The molecule has 0 saturated heterocycles. The third-order valence-corrected chi connectivity index (χ3v) is 2.36. The molecule has 0 radical (unpaired) electrons. The highest BCUT2D eigenvalue weighted by Gasteiger charge is 2.21. The van der Waals surface area contributed by atoms with Gasteiger partial charge >= 0.3 is 11.6 Å². The van der Waals surface area contributed by atoms with Crippen molar-refractivity contribution < 1.29 is 14.1 Å². The molecule has 21 heavy (non-hydrogen) atoms. The lowest BCUT2D eigenvalue weighted by Gasteiger charge is -2.08. The van der Waals surface area contributed by atoms with Gasteiger partial charge in [-0.3, -0.25) is 15.5 Å². The fourth-order valence-electron chi connectivity index (χ4n) is 1.43. The SMILES string of the molecule is N#Cc1c(F)cccc1Oc1nc(NN)ncc1[N+](=O)[O-]. The summed E-state index contributed by atoms with van der Waals surface area (Å²) in [5, 5.41) is 19.8. The zero-order valence-electron chi connectivity index (χ0n) is 10.3. The van der Waals surface area contributed by atoms with E-state index in [1.54, 1.807) is 6.07 Å². The predicted molar refractivity (Wildman–Crippen MR) is 67.7 cm³/mol. The summed E-state index contributed by atoms with van der Waals surface area (Å²) in [6.07, 6.45) is 0.878. The number of nitrogen functional groups attached to an aromatic ring is 1. The third kappa shape index (κ3) is 2.82. The first-order chi connectivity index (χ1) is 10.1. The van der Waals surface area contributed by atoms with E-state index in [1.807, 2.05) is 0 Å². The number of nitrogens with zero attached hydrogens (tertiary/aromatic N) is 4. The van der Waals surface area contributed by atoms with E-state index in [0.29, 0.717) is 0 Å². The summed E-state index contributed by atoms with van der Waals surface area (Å²) in [6, 6.07) is 5.24. The number of anilines is 1. The molecule has 1 heterocycles. The average molecular weight is 290 g/mol. The van der Waals surface area contributed by atoms with E-state index in [1.165, 1.54) is 12.1 Å². The molecule has 0 saturated carbocycles. The molecule has 0 bridgehead atoms. The molecule has 1 aromatic heterocycles. The molecule has 9 nitrogen and oxygen atoms in total. The van der Waals surface area contributed by atoms with Gasteiger partial charge in [0.05, 0.1) is 4.92 Å². The number of benzene rings is 1. The van der Waals surface area contributed by atoms with Gasteiger partial charge in [-0.2, -0.15) is 10.2 Å². The molecule has 0 atom stereocenters. The second-order valence-corrected chi connectivity index (χ2v) is 3.61. The van der Waals surface area contributed by atoms with Crippen LogP contribution in [0.2, 0.25) is 0 Å². The number of hydrazine groups is 1. The molecule has 0 fully saturated rings. The summed E-state index contributed by atoms with van der Waals surface area (Å²) in [5.74, 6) is 3.48. The van der Waals surface area contributed by atoms with E-state index in [4.69, 9.17) is 15.8 Å². The summed E-state index contributed by atoms with van der Waals surface area (Å²) in [5.41, 5.74) is 1.15. The predicted octanol–water partition coefficient (Wildman–Crippen LogP) is 1.47. The lowest BCUT2D eigenvalue weighted by atomic mass is 10.2. The lowest BCUT2D eigenvalue weighted by Crippen LogP contribution is -2.11. The quantitative estimate of drug-likeness (QED) is 0.490. The van der Waals surface area contributed by atoms with Crippen LogP contribution < -0.4 is 16.0 Å². The summed E-state index contributed by atoms with van der Waals surface area (Å²) >= 11 is 0. The standard InChI is InChI=1S/C11H7FN6O3/c12-7-2-1-3-9(6(7)4-13)21-10-8(18(19)20)5-15-11(16-10)17-14/h1-3,5H,14H2,(H,15,16,17). The first kappa shape index (κ1) is 14.1. The van der Waals surface area contributed by atoms with Crippen LogP contribution >= 0.6 is 0 Å². The van der Waals surface area contributed by atoms with E-state index < -0.39 is 27.9 Å². The van der Waals surface area contributed by atoms with Gasteiger partial charge in [0.2, 0.25) is 5.95 Å². The Morgan fingerprint density at radius 2 is 2.29 bits per heavy atom. The number of nitriles is 1. The zero-order chi connectivity index (χ0) is 15.4. The molecule has 10 heteroatoms. The molecular weight excluding hydrogens is 283 g/mol. The number of hydrogen-bond acceptors (Lipinski definition) is 8. The summed E-state index contributed by atoms with van der Waals surface area (Å²) < 4.78 is 18.6. The van der Waals surface area contributed by atoms with Crippen molar-refractivity contribution in [2.45, 2.75) is 0 Å². The molecule has 0 amide bonds. The Kier molecular flexibility index (Phi) is 3.87. The van der Waals surface area contributed by atoms with Crippen molar-refractivity contribution in [1.29, 1.82) is 5.26 Å². The number of aromatic nitrogens is 2. The third-order valence-electron chi connectivity index (χ3n) is 2.36. The number of nitro groups is 1. The molecule has 106 valence electrons. The summed E-state index contributed by atoms with van der Waals surface area (Å²) in [4.78, 5) is 17.4. The van der Waals surface area contributed by atoms with Crippen molar-refractivity contribution in [2.24, 2.45) is 5.84 Å². The minimum atomic E-state index is -0.816. The van der Waals surface area contributed by atoms with Gasteiger partial charge < -0.3 is 4.74 Å². The lowest BCUT2D eigenvalue weighted by molar-refractivity contribution is -0.386. The summed E-state index contributed by atoms with van der Waals surface area (Å²) in [7, 11) is 0. The van der Waals surface area contributed by atoms with Gasteiger partial charge in [-0.1, -0.05) is 6.07 Å². The van der Waals surface area contributed by atoms with Crippen LogP contribution in [0.4, 0.5) is 16.0 Å². The van der Waals surface area contributed by atoms with E-state index in [2.05, 4.69) is 15.4 Å². The van der Waals surface area contributed by atoms with Crippen LogP contribution in [0.25, 0.3) is 0 Å². The second-order valence-electron chi connectivity index (χ2n) is 3.61. The van der Waals surface area contributed by atoms with Gasteiger partial charge in [-0.15, -0.1) is 0 Å². The highest BCUT2D eigenvalue weighted by Crippen LogP contribution is 2.31. The maximum Gasteiger partial charge on any atom is 0.349 e. The van der Waals surface area contributed by atoms with E-state index in [0.717, 1.165) is 12.3 Å². The van der Waals surface area contributed by atoms with Gasteiger partial charge in [-0.25, -0.2) is 15.2 Å². The largest absolute Gasteiger partial charge is 0.432 e. The van der Waals surface area contributed by atoms with Crippen molar-refractivity contribution in [1.82, 2.24) is 9.97 Å². The highest BCUT2D eigenvalue weighted by molar-refractivity contribution is 5.49. The molecule has 2 rings (SSSR count). The Morgan fingerprint density at radius 1 is 1.52 bits per heavy atom. The highest BCUT2D eigenvalue weighted by atomic mass is 19.1. The van der Waals surface area contributed by atoms with Crippen LogP contribution in [0.1, 0.15) is 5.56 Å². The monoisotopic (exact) mass is 290 g/mol. The van der Waals surface area contributed by atoms with Crippen molar-refractivity contribution in [3.8, 4) is 17.7 Å². The number of ether oxygens (including phenoxy) is 1. The first-order valence-electron chi connectivity index (χ1n) is 5.41. The minimum Gasteiger partial charge on any atom is -0.432 e. The number of nitrogens with one attached hydrogen (secondary N) is 1. The maximum atomic E-state index is 13.5. The Bertz CT molecular complexity index is 745. The topological polar surface area (TPSA) is 140 Å². The van der Waals surface area contributed by atoms with Crippen molar-refractivity contribution >= 4 is 11.6 Å². The van der Waals surface area contributed by atoms with Crippen LogP contribution in [0, 0.1) is 27.3 Å². The van der Waals surface area contributed by atoms with E-state index in [9.17, 15) is 14.5 Å². The Balaban J connectivity index is 2.51.